The maximum Gasteiger partial charge on any atom is 0.100 e. The maximum atomic E-state index is 5.81. The van der Waals surface area contributed by atoms with Gasteiger partial charge < -0.3 is 10.5 Å². The van der Waals surface area contributed by atoms with Crippen molar-refractivity contribution in [2.75, 3.05) is 18.9 Å². The van der Waals surface area contributed by atoms with Gasteiger partial charge in [-0.2, -0.15) is 5.10 Å². The molecule has 0 saturated heterocycles. The second kappa shape index (κ2) is 7.75. The lowest BCUT2D eigenvalue weighted by Crippen LogP contribution is -2.07. The molecule has 0 aliphatic carbocycles. The van der Waals surface area contributed by atoms with Crippen LogP contribution in [0.3, 0.4) is 0 Å². The van der Waals surface area contributed by atoms with Crippen LogP contribution in [0.15, 0.2) is 55.0 Å². The van der Waals surface area contributed by atoms with Gasteiger partial charge in [-0.3, -0.25) is 9.67 Å². The summed E-state index contributed by atoms with van der Waals surface area (Å²) in [6.07, 6.45) is 6.66. The molecule has 0 radical (unpaired) electrons. The van der Waals surface area contributed by atoms with Gasteiger partial charge in [0.25, 0.3) is 0 Å². The summed E-state index contributed by atoms with van der Waals surface area (Å²) in [6.45, 7) is 4.28. The number of hydrogen-bond donors (Lipinski definition) is 1. The molecular weight excluding hydrogens is 300 g/mol. The van der Waals surface area contributed by atoms with E-state index in [2.05, 4.69) is 18.1 Å². The monoisotopic (exact) mass is 322 g/mol. The molecule has 2 aromatic heterocycles. The van der Waals surface area contributed by atoms with E-state index in [4.69, 9.17) is 15.6 Å². The van der Waals surface area contributed by atoms with Gasteiger partial charge in [0.2, 0.25) is 0 Å². The fourth-order valence-electron chi connectivity index (χ4n) is 2.54. The van der Waals surface area contributed by atoms with Gasteiger partial charge in [0, 0.05) is 42.0 Å². The van der Waals surface area contributed by atoms with Crippen molar-refractivity contribution in [1.82, 2.24) is 14.8 Å². The molecule has 0 saturated carbocycles. The van der Waals surface area contributed by atoms with Gasteiger partial charge in [-0.25, -0.2) is 0 Å². The Labute approximate surface area is 142 Å². The molecule has 1 aromatic carbocycles. The summed E-state index contributed by atoms with van der Waals surface area (Å²) >= 11 is 0. The Bertz CT molecular complexity index is 766. The van der Waals surface area contributed by atoms with Gasteiger partial charge in [0.1, 0.15) is 5.69 Å². The average Bonchev–Trinajstić information content (AvgIpc) is 3.04. The predicted molar refractivity (Wildman–Crippen MR) is 96.4 cm³/mol. The third-order valence-electron chi connectivity index (χ3n) is 3.75. The zero-order valence-electron chi connectivity index (χ0n) is 13.9. The van der Waals surface area contributed by atoms with E-state index in [1.165, 1.54) is 0 Å². The maximum absolute atomic E-state index is 5.81. The Balaban J connectivity index is 1.92. The quantitative estimate of drug-likeness (QED) is 0.533. The highest BCUT2D eigenvalue weighted by Gasteiger charge is 2.13. The summed E-state index contributed by atoms with van der Waals surface area (Å²) in [5, 5.41) is 4.75. The van der Waals surface area contributed by atoms with Gasteiger partial charge in [0.05, 0.1) is 13.2 Å². The van der Waals surface area contributed by atoms with Crippen LogP contribution < -0.4 is 5.73 Å². The molecule has 3 rings (SSSR count). The first-order valence-electron chi connectivity index (χ1n) is 8.19. The van der Waals surface area contributed by atoms with Crippen LogP contribution in [0.25, 0.3) is 22.4 Å². The van der Waals surface area contributed by atoms with E-state index in [9.17, 15) is 0 Å². The average molecular weight is 322 g/mol. The lowest BCUT2D eigenvalue weighted by atomic mass is 10.0. The lowest BCUT2D eigenvalue weighted by Gasteiger charge is -2.03. The minimum Gasteiger partial charge on any atom is -0.399 e. The Morgan fingerprint density at radius 2 is 1.75 bits per heavy atom. The van der Waals surface area contributed by atoms with Crippen LogP contribution in [0.1, 0.15) is 13.3 Å². The van der Waals surface area contributed by atoms with Gasteiger partial charge >= 0.3 is 0 Å². The largest absolute Gasteiger partial charge is 0.399 e. The van der Waals surface area contributed by atoms with Crippen molar-refractivity contribution in [3.05, 3.63) is 55.0 Å². The fraction of sp³-hybridized carbons (Fsp3) is 0.263. The highest BCUT2D eigenvalue weighted by atomic mass is 16.5. The molecule has 0 unspecified atom stereocenters. The smallest absolute Gasteiger partial charge is 0.100 e. The molecule has 0 aliphatic rings. The number of benzene rings is 1. The molecule has 24 heavy (non-hydrogen) atoms. The number of nitrogens with two attached hydrogens (primary N) is 1. The summed E-state index contributed by atoms with van der Waals surface area (Å²) in [7, 11) is 0. The minimum absolute atomic E-state index is 0.659. The molecule has 5 heteroatoms. The van der Waals surface area contributed by atoms with Gasteiger partial charge in [0.15, 0.2) is 0 Å². The molecule has 0 spiro atoms. The standard InChI is InChI=1S/C19H22N4O/c1-2-12-24-13-11-23-14-18(15-3-5-17(20)6-4-15)19(22-23)16-7-9-21-10-8-16/h3-10,14H,2,11-13,20H2,1H3. The van der Waals surface area contributed by atoms with Crippen molar-refractivity contribution in [3.63, 3.8) is 0 Å². The number of nitrogens with zero attached hydrogens (tertiary/aromatic N) is 3. The number of aromatic nitrogens is 3. The van der Waals surface area contributed by atoms with Crippen molar-refractivity contribution in [3.8, 4) is 22.4 Å². The van der Waals surface area contributed by atoms with E-state index < -0.39 is 0 Å². The van der Waals surface area contributed by atoms with Gasteiger partial charge in [-0.15, -0.1) is 0 Å². The van der Waals surface area contributed by atoms with Crippen LogP contribution >= 0.6 is 0 Å². The summed E-state index contributed by atoms with van der Waals surface area (Å²) in [4.78, 5) is 4.09. The molecule has 0 atom stereocenters. The first kappa shape index (κ1) is 16.2. The first-order valence-corrected chi connectivity index (χ1v) is 8.19. The van der Waals surface area contributed by atoms with Crippen molar-refractivity contribution >= 4 is 5.69 Å². The third-order valence-corrected chi connectivity index (χ3v) is 3.75. The number of pyridine rings is 1. The summed E-state index contributed by atoms with van der Waals surface area (Å²) in [5.74, 6) is 0. The SMILES string of the molecule is CCCOCCn1cc(-c2ccc(N)cc2)c(-c2ccncc2)n1. The van der Waals surface area contributed by atoms with Crippen LogP contribution in [-0.2, 0) is 11.3 Å². The van der Waals surface area contributed by atoms with E-state index in [1.807, 2.05) is 41.1 Å². The van der Waals surface area contributed by atoms with E-state index in [1.54, 1.807) is 12.4 Å². The van der Waals surface area contributed by atoms with E-state index in [-0.39, 0.29) is 0 Å². The second-order valence-corrected chi connectivity index (χ2v) is 5.62. The number of rotatable bonds is 7. The number of nitrogen functional groups attached to an aromatic ring is 1. The van der Waals surface area contributed by atoms with Crippen molar-refractivity contribution < 1.29 is 4.74 Å². The number of anilines is 1. The van der Waals surface area contributed by atoms with Crippen LogP contribution in [-0.4, -0.2) is 28.0 Å². The Kier molecular flexibility index (Phi) is 5.23. The van der Waals surface area contributed by atoms with Crippen molar-refractivity contribution in [2.45, 2.75) is 19.9 Å². The van der Waals surface area contributed by atoms with Gasteiger partial charge in [-0.1, -0.05) is 19.1 Å². The van der Waals surface area contributed by atoms with Crippen molar-refractivity contribution in [2.24, 2.45) is 0 Å². The van der Waals surface area contributed by atoms with Crippen LogP contribution in [0.4, 0.5) is 5.69 Å². The molecule has 5 nitrogen and oxygen atoms in total. The minimum atomic E-state index is 0.659. The Hall–Kier alpha value is -2.66. The molecule has 2 N–H and O–H groups in total. The van der Waals surface area contributed by atoms with Gasteiger partial charge in [-0.05, 0) is 36.2 Å². The second-order valence-electron chi connectivity index (χ2n) is 5.62. The summed E-state index contributed by atoms with van der Waals surface area (Å²) in [5.41, 5.74) is 10.7. The number of hydrogen-bond acceptors (Lipinski definition) is 4. The zero-order valence-corrected chi connectivity index (χ0v) is 13.9. The molecule has 0 bridgehead atoms. The predicted octanol–water partition coefficient (Wildman–Crippen LogP) is 3.62. The summed E-state index contributed by atoms with van der Waals surface area (Å²) in [6, 6.07) is 11.8. The first-order chi connectivity index (χ1) is 11.8. The van der Waals surface area contributed by atoms with Crippen molar-refractivity contribution in [1.29, 1.82) is 0 Å². The van der Waals surface area contributed by atoms with Crippen LogP contribution in [0, 0.1) is 0 Å². The number of ether oxygens (including phenoxy) is 1. The normalized spacial score (nSPS) is 10.9. The molecule has 3 aromatic rings. The van der Waals surface area contributed by atoms with E-state index in [0.29, 0.717) is 6.61 Å². The molecule has 2 heterocycles. The fourth-order valence-corrected chi connectivity index (χ4v) is 2.54. The molecule has 124 valence electrons. The summed E-state index contributed by atoms with van der Waals surface area (Å²) < 4.78 is 7.52. The molecule has 0 aliphatic heterocycles. The van der Waals surface area contributed by atoms with E-state index >= 15 is 0 Å². The zero-order chi connectivity index (χ0) is 16.8. The van der Waals surface area contributed by atoms with E-state index in [0.717, 1.165) is 47.6 Å². The third kappa shape index (κ3) is 3.81. The highest BCUT2D eigenvalue weighted by molar-refractivity contribution is 5.80. The van der Waals surface area contributed by atoms with Crippen LogP contribution in [0.2, 0.25) is 0 Å². The molecular formula is C19H22N4O. The Morgan fingerprint density at radius 1 is 1.00 bits per heavy atom. The highest BCUT2D eigenvalue weighted by Crippen LogP contribution is 2.31. The topological polar surface area (TPSA) is 66.0 Å². The lowest BCUT2D eigenvalue weighted by molar-refractivity contribution is 0.124. The molecule has 0 fully saturated rings. The molecule has 0 amide bonds. The van der Waals surface area contributed by atoms with Crippen LogP contribution in [0.5, 0.6) is 0 Å². The Morgan fingerprint density at radius 3 is 2.46 bits per heavy atom.